The largest absolute Gasteiger partial charge is 0.481 e. The van der Waals surface area contributed by atoms with Crippen LogP contribution in [-0.2, 0) is 11.2 Å². The molecule has 3 rings (SSSR count). The SMILES string of the molecule is CC(NC(=O)c1cnn(-c2ccccc2)c1)c1n[nH]c(CC(=O)O)n1. The van der Waals surface area contributed by atoms with Crippen molar-refractivity contribution in [2.45, 2.75) is 19.4 Å². The Hall–Kier alpha value is -3.49. The molecule has 0 fully saturated rings. The van der Waals surface area contributed by atoms with Gasteiger partial charge in [-0.1, -0.05) is 18.2 Å². The van der Waals surface area contributed by atoms with E-state index in [4.69, 9.17) is 5.11 Å². The minimum absolute atomic E-state index is 0.237. The lowest BCUT2D eigenvalue weighted by Gasteiger charge is -2.09. The molecule has 0 bridgehead atoms. The predicted octanol–water partition coefficient (Wildman–Crippen LogP) is 1.11. The number of carbonyl (C=O) groups excluding carboxylic acids is 1. The van der Waals surface area contributed by atoms with Crippen molar-refractivity contribution in [3.8, 4) is 5.69 Å². The van der Waals surface area contributed by atoms with Gasteiger partial charge in [-0.25, -0.2) is 9.67 Å². The molecular weight excluding hydrogens is 324 g/mol. The van der Waals surface area contributed by atoms with E-state index in [1.165, 1.54) is 6.20 Å². The number of nitrogens with zero attached hydrogens (tertiary/aromatic N) is 4. The number of aromatic nitrogens is 5. The number of nitrogens with one attached hydrogen (secondary N) is 2. The molecule has 9 nitrogen and oxygen atoms in total. The Morgan fingerprint density at radius 3 is 2.80 bits per heavy atom. The van der Waals surface area contributed by atoms with E-state index >= 15 is 0 Å². The molecule has 3 N–H and O–H groups in total. The molecule has 0 saturated carbocycles. The molecule has 3 aromatic rings. The molecule has 0 aliphatic heterocycles. The number of para-hydroxylation sites is 1. The molecule has 0 aliphatic rings. The minimum atomic E-state index is -1.01. The Kier molecular flexibility index (Phi) is 4.55. The Morgan fingerprint density at radius 1 is 1.32 bits per heavy atom. The summed E-state index contributed by atoms with van der Waals surface area (Å²) >= 11 is 0. The van der Waals surface area contributed by atoms with Crippen LogP contribution in [0, 0.1) is 0 Å². The lowest BCUT2D eigenvalue weighted by molar-refractivity contribution is -0.136. The van der Waals surface area contributed by atoms with Crippen molar-refractivity contribution in [2.24, 2.45) is 0 Å². The second-order valence-corrected chi connectivity index (χ2v) is 5.42. The Labute approximate surface area is 142 Å². The number of H-pyrrole nitrogens is 1. The standard InChI is InChI=1S/C16H16N6O3/c1-10(15-19-13(20-21-15)7-14(23)24)18-16(25)11-8-17-22(9-11)12-5-3-2-4-6-12/h2-6,8-10H,7H2,1H3,(H,18,25)(H,23,24)(H,19,20,21). The number of carbonyl (C=O) groups is 2. The Bertz CT molecular complexity index is 886. The predicted molar refractivity (Wildman–Crippen MR) is 87.2 cm³/mol. The maximum atomic E-state index is 12.3. The van der Waals surface area contributed by atoms with Gasteiger partial charge in [-0.2, -0.15) is 10.2 Å². The molecule has 0 radical (unpaired) electrons. The van der Waals surface area contributed by atoms with Gasteiger partial charge in [0.1, 0.15) is 12.2 Å². The van der Waals surface area contributed by atoms with E-state index in [2.05, 4.69) is 25.6 Å². The monoisotopic (exact) mass is 340 g/mol. The Balaban J connectivity index is 1.67. The van der Waals surface area contributed by atoms with Crippen LogP contribution >= 0.6 is 0 Å². The summed E-state index contributed by atoms with van der Waals surface area (Å²) in [7, 11) is 0. The average molecular weight is 340 g/mol. The zero-order valence-electron chi connectivity index (χ0n) is 13.4. The quantitative estimate of drug-likeness (QED) is 0.617. The molecule has 9 heteroatoms. The molecule has 1 unspecified atom stereocenters. The van der Waals surface area contributed by atoms with Crippen LogP contribution < -0.4 is 5.32 Å². The van der Waals surface area contributed by atoms with Crippen LogP contribution in [0.3, 0.4) is 0 Å². The molecule has 1 amide bonds. The molecular formula is C16H16N6O3. The van der Waals surface area contributed by atoms with Crippen LogP contribution in [0.25, 0.3) is 5.69 Å². The van der Waals surface area contributed by atoms with Crippen molar-refractivity contribution in [1.82, 2.24) is 30.3 Å². The first-order valence-electron chi connectivity index (χ1n) is 7.57. The second kappa shape index (κ2) is 6.95. The molecule has 2 heterocycles. The smallest absolute Gasteiger partial charge is 0.311 e. The van der Waals surface area contributed by atoms with Crippen molar-refractivity contribution in [1.29, 1.82) is 0 Å². The summed E-state index contributed by atoms with van der Waals surface area (Å²) in [6.07, 6.45) is 2.85. The highest BCUT2D eigenvalue weighted by Gasteiger charge is 2.17. The van der Waals surface area contributed by atoms with Crippen LogP contribution in [0.15, 0.2) is 42.7 Å². The van der Waals surface area contributed by atoms with Crippen molar-refractivity contribution in [2.75, 3.05) is 0 Å². The highest BCUT2D eigenvalue weighted by atomic mass is 16.4. The first kappa shape index (κ1) is 16.4. The average Bonchev–Trinajstić information content (AvgIpc) is 3.24. The third kappa shape index (κ3) is 3.89. The summed E-state index contributed by atoms with van der Waals surface area (Å²) in [6, 6.07) is 8.96. The number of hydrogen-bond donors (Lipinski definition) is 3. The summed E-state index contributed by atoms with van der Waals surface area (Å²) in [5.41, 5.74) is 1.25. The summed E-state index contributed by atoms with van der Waals surface area (Å²) < 4.78 is 1.61. The van der Waals surface area contributed by atoms with Crippen LogP contribution in [0.5, 0.6) is 0 Å². The van der Waals surface area contributed by atoms with E-state index in [1.807, 2.05) is 30.3 Å². The second-order valence-electron chi connectivity index (χ2n) is 5.42. The first-order valence-corrected chi connectivity index (χ1v) is 7.57. The number of rotatable bonds is 6. The van der Waals surface area contributed by atoms with Crippen LogP contribution in [-0.4, -0.2) is 41.9 Å². The van der Waals surface area contributed by atoms with Crippen molar-refractivity contribution in [3.63, 3.8) is 0 Å². The van der Waals surface area contributed by atoms with E-state index in [1.54, 1.807) is 17.8 Å². The topological polar surface area (TPSA) is 126 Å². The maximum Gasteiger partial charge on any atom is 0.311 e. The lowest BCUT2D eigenvalue weighted by atomic mass is 10.2. The van der Waals surface area contributed by atoms with Crippen LogP contribution in [0.4, 0.5) is 0 Å². The zero-order chi connectivity index (χ0) is 17.8. The van der Waals surface area contributed by atoms with E-state index < -0.39 is 12.0 Å². The van der Waals surface area contributed by atoms with Gasteiger partial charge < -0.3 is 10.4 Å². The van der Waals surface area contributed by atoms with Gasteiger partial charge in [-0.15, -0.1) is 0 Å². The van der Waals surface area contributed by atoms with Gasteiger partial charge >= 0.3 is 5.97 Å². The highest BCUT2D eigenvalue weighted by molar-refractivity contribution is 5.94. The van der Waals surface area contributed by atoms with E-state index in [9.17, 15) is 9.59 Å². The Morgan fingerprint density at radius 2 is 2.08 bits per heavy atom. The summed E-state index contributed by atoms with van der Waals surface area (Å²) in [6.45, 7) is 1.72. The number of benzene rings is 1. The van der Waals surface area contributed by atoms with Crippen molar-refractivity contribution in [3.05, 3.63) is 59.9 Å². The van der Waals surface area contributed by atoms with E-state index in [0.29, 0.717) is 11.4 Å². The van der Waals surface area contributed by atoms with Crippen LogP contribution in [0.2, 0.25) is 0 Å². The number of amides is 1. The van der Waals surface area contributed by atoms with Gasteiger partial charge in [-0.05, 0) is 19.1 Å². The van der Waals surface area contributed by atoms with Gasteiger partial charge in [0.2, 0.25) is 0 Å². The van der Waals surface area contributed by atoms with Gasteiger partial charge in [0.25, 0.3) is 5.91 Å². The zero-order valence-corrected chi connectivity index (χ0v) is 13.4. The molecule has 128 valence electrons. The van der Waals surface area contributed by atoms with E-state index in [0.717, 1.165) is 5.69 Å². The molecule has 2 aromatic heterocycles. The molecule has 1 atom stereocenters. The van der Waals surface area contributed by atoms with Gasteiger partial charge in [0.15, 0.2) is 5.82 Å². The normalized spacial score (nSPS) is 11.9. The van der Waals surface area contributed by atoms with Gasteiger partial charge in [0, 0.05) is 6.20 Å². The third-order valence-corrected chi connectivity index (χ3v) is 3.47. The minimum Gasteiger partial charge on any atom is -0.481 e. The number of aromatic amines is 1. The molecule has 0 saturated heterocycles. The highest BCUT2D eigenvalue weighted by Crippen LogP contribution is 2.11. The fourth-order valence-electron chi connectivity index (χ4n) is 2.23. The number of carboxylic acid groups (broad SMARTS) is 1. The third-order valence-electron chi connectivity index (χ3n) is 3.47. The molecule has 0 spiro atoms. The number of aliphatic carboxylic acids is 1. The summed E-state index contributed by atoms with van der Waals surface area (Å²) in [5, 5.41) is 22.2. The lowest BCUT2D eigenvalue weighted by Crippen LogP contribution is -2.27. The summed E-state index contributed by atoms with van der Waals surface area (Å²) in [5.74, 6) is -0.771. The molecule has 25 heavy (non-hydrogen) atoms. The number of carboxylic acids is 1. The molecule has 1 aromatic carbocycles. The first-order chi connectivity index (χ1) is 12.0. The van der Waals surface area contributed by atoms with Crippen molar-refractivity contribution >= 4 is 11.9 Å². The van der Waals surface area contributed by atoms with Gasteiger partial charge in [0.05, 0.1) is 23.5 Å². The molecule has 0 aliphatic carbocycles. The fraction of sp³-hybridized carbons (Fsp3) is 0.188. The number of hydrogen-bond acceptors (Lipinski definition) is 5. The van der Waals surface area contributed by atoms with Crippen molar-refractivity contribution < 1.29 is 14.7 Å². The van der Waals surface area contributed by atoms with E-state index in [-0.39, 0.29) is 18.2 Å². The fourth-order valence-corrected chi connectivity index (χ4v) is 2.23. The van der Waals surface area contributed by atoms with Crippen LogP contribution in [0.1, 0.15) is 35.0 Å². The summed E-state index contributed by atoms with van der Waals surface area (Å²) in [4.78, 5) is 27.1. The maximum absolute atomic E-state index is 12.3. The van der Waals surface area contributed by atoms with Gasteiger partial charge in [-0.3, -0.25) is 14.7 Å².